The van der Waals surface area contributed by atoms with Crippen molar-refractivity contribution >= 4 is 40.0 Å². The molecule has 1 unspecified atom stereocenters. The molecule has 0 radical (unpaired) electrons. The van der Waals surface area contributed by atoms with E-state index < -0.39 is 29.7 Å². The van der Waals surface area contributed by atoms with Crippen LogP contribution in [0.3, 0.4) is 0 Å². The van der Waals surface area contributed by atoms with Crippen molar-refractivity contribution in [3.63, 3.8) is 0 Å². The van der Waals surface area contributed by atoms with Gasteiger partial charge in [-0.15, -0.1) is 11.3 Å². The normalized spacial score (nSPS) is 14.3. The third-order valence-corrected chi connectivity index (χ3v) is 5.42. The molecule has 2 aromatic rings. The molecule has 0 aliphatic carbocycles. The zero-order chi connectivity index (χ0) is 19.0. The summed E-state index contributed by atoms with van der Waals surface area (Å²) in [6.45, 7) is 3.39. The number of fused-ring (bicyclic) bond motifs is 1. The van der Waals surface area contributed by atoms with E-state index in [2.05, 4.69) is 5.32 Å². The van der Waals surface area contributed by atoms with Gasteiger partial charge in [0.2, 0.25) is 5.91 Å². The fraction of sp³-hybridized carbons (Fsp3) is 0.222. The molecule has 4 amide bonds. The van der Waals surface area contributed by atoms with Crippen molar-refractivity contribution in [2.75, 3.05) is 5.32 Å². The lowest BCUT2D eigenvalue weighted by molar-refractivity contribution is -0.119. The fourth-order valence-corrected chi connectivity index (χ4v) is 3.79. The summed E-state index contributed by atoms with van der Waals surface area (Å²) in [5.41, 5.74) is 6.13. The lowest BCUT2D eigenvalue weighted by Gasteiger charge is -2.21. The number of hydrogen-bond acceptors (Lipinski definition) is 5. The summed E-state index contributed by atoms with van der Waals surface area (Å²) in [6, 6.07) is 7.03. The molecule has 2 heterocycles. The molecule has 7 nitrogen and oxygen atoms in total. The van der Waals surface area contributed by atoms with E-state index in [0.717, 1.165) is 9.78 Å². The zero-order valence-corrected chi connectivity index (χ0v) is 15.1. The topological polar surface area (TPSA) is 110 Å². The molecule has 1 aliphatic rings. The Kier molecular flexibility index (Phi) is 4.60. The highest BCUT2D eigenvalue weighted by molar-refractivity contribution is 7.16. The molecule has 3 rings (SSSR count). The number of carbonyl (C=O) groups is 4. The quantitative estimate of drug-likeness (QED) is 0.784. The molecule has 26 heavy (non-hydrogen) atoms. The first-order chi connectivity index (χ1) is 12.3. The van der Waals surface area contributed by atoms with Crippen LogP contribution in [0.1, 0.15) is 49.8 Å². The van der Waals surface area contributed by atoms with Gasteiger partial charge in [0.15, 0.2) is 0 Å². The average Bonchev–Trinajstić information content (AvgIpc) is 3.14. The van der Waals surface area contributed by atoms with Crippen molar-refractivity contribution in [1.82, 2.24) is 4.90 Å². The molecule has 0 saturated heterocycles. The second kappa shape index (κ2) is 6.72. The van der Waals surface area contributed by atoms with Crippen LogP contribution in [0.2, 0.25) is 0 Å². The van der Waals surface area contributed by atoms with Gasteiger partial charge in [0.05, 0.1) is 16.7 Å². The lowest BCUT2D eigenvalue weighted by Crippen LogP contribution is -2.45. The third kappa shape index (κ3) is 2.88. The molecular weight excluding hydrogens is 354 g/mol. The molecule has 1 aliphatic heterocycles. The first-order valence-corrected chi connectivity index (χ1v) is 8.87. The predicted octanol–water partition coefficient (Wildman–Crippen LogP) is 2.03. The van der Waals surface area contributed by atoms with Gasteiger partial charge >= 0.3 is 0 Å². The van der Waals surface area contributed by atoms with E-state index in [4.69, 9.17) is 5.73 Å². The molecule has 0 spiro atoms. The molecule has 0 bridgehead atoms. The van der Waals surface area contributed by atoms with Crippen molar-refractivity contribution in [3.05, 3.63) is 51.9 Å². The van der Waals surface area contributed by atoms with Gasteiger partial charge in [-0.2, -0.15) is 0 Å². The van der Waals surface area contributed by atoms with Crippen LogP contribution in [0.25, 0.3) is 0 Å². The minimum Gasteiger partial charge on any atom is -0.366 e. The second-order valence-corrected chi connectivity index (χ2v) is 7.00. The highest BCUT2D eigenvalue weighted by Gasteiger charge is 2.40. The Bertz CT molecular complexity index is 899. The van der Waals surface area contributed by atoms with Crippen molar-refractivity contribution in [3.8, 4) is 0 Å². The van der Waals surface area contributed by atoms with Gasteiger partial charge in [0.1, 0.15) is 11.0 Å². The summed E-state index contributed by atoms with van der Waals surface area (Å²) >= 11 is 1.24. The van der Waals surface area contributed by atoms with Crippen LogP contribution in [0, 0.1) is 0 Å². The molecule has 8 heteroatoms. The number of hydrogen-bond donors (Lipinski definition) is 2. The molecule has 1 aromatic carbocycles. The van der Waals surface area contributed by atoms with E-state index in [-0.39, 0.29) is 16.7 Å². The molecule has 3 N–H and O–H groups in total. The van der Waals surface area contributed by atoms with Gasteiger partial charge in [-0.25, -0.2) is 0 Å². The summed E-state index contributed by atoms with van der Waals surface area (Å²) in [5, 5.41) is 2.95. The minimum absolute atomic E-state index is 0.217. The summed E-state index contributed by atoms with van der Waals surface area (Å²) < 4.78 is 0. The van der Waals surface area contributed by atoms with Crippen LogP contribution in [0.15, 0.2) is 30.3 Å². The van der Waals surface area contributed by atoms with Crippen molar-refractivity contribution < 1.29 is 19.2 Å². The summed E-state index contributed by atoms with van der Waals surface area (Å²) in [5.74, 6) is -2.23. The molecule has 1 atom stereocenters. The average molecular weight is 371 g/mol. The van der Waals surface area contributed by atoms with E-state index in [9.17, 15) is 19.2 Å². The predicted molar refractivity (Wildman–Crippen MR) is 97.2 cm³/mol. The van der Waals surface area contributed by atoms with Gasteiger partial charge in [-0.05, 0) is 31.5 Å². The second-order valence-electron chi connectivity index (χ2n) is 5.86. The lowest BCUT2D eigenvalue weighted by atomic mass is 10.1. The number of thiophene rings is 1. The Morgan fingerprint density at radius 3 is 2.27 bits per heavy atom. The van der Waals surface area contributed by atoms with E-state index in [1.807, 2.05) is 6.92 Å². The van der Waals surface area contributed by atoms with Gasteiger partial charge in [0, 0.05) is 4.88 Å². The Hall–Kier alpha value is -3.00. The SMILES string of the molecule is CCc1cc(C(N)=O)c(NC(=O)C(C)N2C(=O)c3ccccc3C2=O)s1. The van der Waals surface area contributed by atoms with Crippen LogP contribution in [0.4, 0.5) is 5.00 Å². The van der Waals surface area contributed by atoms with Crippen molar-refractivity contribution in [2.45, 2.75) is 26.3 Å². The Morgan fingerprint density at radius 2 is 1.77 bits per heavy atom. The highest BCUT2D eigenvalue weighted by Crippen LogP contribution is 2.30. The Balaban J connectivity index is 1.84. The minimum atomic E-state index is -1.03. The van der Waals surface area contributed by atoms with Crippen LogP contribution < -0.4 is 11.1 Å². The monoisotopic (exact) mass is 371 g/mol. The Labute approximate surface area is 153 Å². The maximum Gasteiger partial charge on any atom is 0.262 e. The van der Waals surface area contributed by atoms with Gasteiger partial charge < -0.3 is 11.1 Å². The number of anilines is 1. The van der Waals surface area contributed by atoms with Gasteiger partial charge in [-0.3, -0.25) is 24.1 Å². The summed E-state index contributed by atoms with van der Waals surface area (Å²) in [4.78, 5) is 51.0. The molecule has 1 aromatic heterocycles. The number of amides is 4. The van der Waals surface area contributed by atoms with Crippen molar-refractivity contribution in [1.29, 1.82) is 0 Å². The molecular formula is C18H17N3O4S. The number of imide groups is 1. The van der Waals surface area contributed by atoms with E-state index >= 15 is 0 Å². The van der Waals surface area contributed by atoms with Gasteiger partial charge in [-0.1, -0.05) is 19.1 Å². The maximum atomic E-state index is 12.6. The largest absolute Gasteiger partial charge is 0.366 e. The van der Waals surface area contributed by atoms with Crippen LogP contribution in [-0.2, 0) is 11.2 Å². The van der Waals surface area contributed by atoms with E-state index in [1.165, 1.54) is 18.3 Å². The number of nitrogens with one attached hydrogen (secondary N) is 1. The number of nitrogens with two attached hydrogens (primary N) is 1. The van der Waals surface area contributed by atoms with Crippen LogP contribution >= 0.6 is 11.3 Å². The summed E-state index contributed by atoms with van der Waals surface area (Å²) in [7, 11) is 0. The first kappa shape index (κ1) is 17.8. The molecule has 0 saturated carbocycles. The van der Waals surface area contributed by atoms with Crippen LogP contribution in [0.5, 0.6) is 0 Å². The molecule has 0 fully saturated rings. The van der Waals surface area contributed by atoms with Gasteiger partial charge in [0.25, 0.3) is 17.7 Å². The first-order valence-electron chi connectivity index (χ1n) is 8.05. The third-order valence-electron chi connectivity index (χ3n) is 4.23. The van der Waals surface area contributed by atoms with Crippen LogP contribution in [-0.4, -0.2) is 34.6 Å². The Morgan fingerprint density at radius 1 is 1.19 bits per heavy atom. The number of aryl methyl sites for hydroxylation is 1. The van der Waals surface area contributed by atoms with Crippen molar-refractivity contribution in [2.24, 2.45) is 5.73 Å². The molecule has 134 valence electrons. The maximum absolute atomic E-state index is 12.6. The number of benzene rings is 1. The standard InChI is InChI=1S/C18H17N3O4S/c1-3-10-8-13(14(19)22)16(26-10)20-15(23)9(2)21-17(24)11-6-4-5-7-12(11)18(21)25/h4-9H,3H2,1-2H3,(H2,19,22)(H,20,23). The number of carbonyl (C=O) groups excluding carboxylic acids is 4. The summed E-state index contributed by atoms with van der Waals surface area (Å²) in [6.07, 6.45) is 0.689. The number of nitrogens with zero attached hydrogens (tertiary/aromatic N) is 1. The highest BCUT2D eigenvalue weighted by atomic mass is 32.1. The van der Waals surface area contributed by atoms with E-state index in [0.29, 0.717) is 11.4 Å². The zero-order valence-electron chi connectivity index (χ0n) is 14.2. The van der Waals surface area contributed by atoms with E-state index in [1.54, 1.807) is 30.3 Å². The fourth-order valence-electron chi connectivity index (χ4n) is 2.79. The smallest absolute Gasteiger partial charge is 0.262 e. The number of primary amides is 1. The number of rotatable bonds is 5.